The van der Waals surface area contributed by atoms with Gasteiger partial charge in [0.05, 0.1) is 0 Å². The average molecular weight is 289 g/mol. The van der Waals surface area contributed by atoms with Gasteiger partial charge >= 0.3 is 0 Å². The maximum atomic E-state index is 4.32. The van der Waals surface area contributed by atoms with Crippen LogP contribution in [0.2, 0.25) is 0 Å². The maximum Gasteiger partial charge on any atom is 0.0298 e. The normalized spacial score (nSPS) is 21.8. The van der Waals surface area contributed by atoms with E-state index in [0.717, 1.165) is 0 Å². The molecule has 0 fully saturated rings. The Balaban J connectivity index is 2.63. The Morgan fingerprint density at radius 1 is 1.54 bits per heavy atom. The molecule has 0 aromatic heterocycles. The van der Waals surface area contributed by atoms with E-state index in [-0.39, 0.29) is 0 Å². The molecule has 1 nitrogen and oxygen atoms in total. The SMILES string of the molecule is CC(C)C1=CN=CC(CCI)C=C1. The van der Waals surface area contributed by atoms with Gasteiger partial charge in [0, 0.05) is 22.8 Å². The zero-order valence-electron chi connectivity index (χ0n) is 8.20. The third-order valence-electron chi connectivity index (χ3n) is 2.15. The minimum absolute atomic E-state index is 0.532. The van der Waals surface area contributed by atoms with E-state index in [4.69, 9.17) is 0 Å². The number of rotatable bonds is 3. The quantitative estimate of drug-likeness (QED) is 0.556. The summed E-state index contributed by atoms with van der Waals surface area (Å²) >= 11 is 2.41. The lowest BCUT2D eigenvalue weighted by Crippen LogP contribution is -1.97. The van der Waals surface area contributed by atoms with Crippen LogP contribution in [0.5, 0.6) is 0 Å². The molecule has 0 saturated carbocycles. The van der Waals surface area contributed by atoms with E-state index in [1.165, 1.54) is 16.4 Å². The van der Waals surface area contributed by atoms with Crippen molar-refractivity contribution in [1.82, 2.24) is 0 Å². The summed E-state index contributed by atoms with van der Waals surface area (Å²) in [4.78, 5) is 4.32. The molecule has 0 spiro atoms. The second-order valence-corrected chi connectivity index (χ2v) is 4.66. The minimum Gasteiger partial charge on any atom is -0.268 e. The van der Waals surface area contributed by atoms with Crippen molar-refractivity contribution in [2.24, 2.45) is 16.8 Å². The summed E-state index contributed by atoms with van der Waals surface area (Å²) in [6.07, 6.45) is 9.70. The summed E-state index contributed by atoms with van der Waals surface area (Å²) in [5.41, 5.74) is 1.33. The average Bonchev–Trinajstić information content (AvgIpc) is 2.30. The molecule has 1 rings (SSSR count). The lowest BCUT2D eigenvalue weighted by molar-refractivity contribution is 0.786. The molecule has 1 atom stereocenters. The molecular formula is C11H16IN. The van der Waals surface area contributed by atoms with Crippen LogP contribution >= 0.6 is 22.6 Å². The molecule has 1 aliphatic heterocycles. The highest BCUT2D eigenvalue weighted by atomic mass is 127. The van der Waals surface area contributed by atoms with Crippen molar-refractivity contribution in [1.29, 1.82) is 0 Å². The van der Waals surface area contributed by atoms with Crippen LogP contribution in [0.4, 0.5) is 0 Å². The second-order valence-electron chi connectivity index (χ2n) is 3.58. The molecule has 0 aromatic rings. The first kappa shape index (κ1) is 11.0. The van der Waals surface area contributed by atoms with Gasteiger partial charge in [-0.15, -0.1) is 0 Å². The van der Waals surface area contributed by atoms with Gasteiger partial charge < -0.3 is 0 Å². The molecule has 0 N–H and O–H groups in total. The largest absolute Gasteiger partial charge is 0.268 e. The zero-order valence-corrected chi connectivity index (χ0v) is 10.4. The van der Waals surface area contributed by atoms with Crippen LogP contribution < -0.4 is 0 Å². The number of halogens is 1. The molecule has 2 heteroatoms. The molecule has 0 bridgehead atoms. The van der Waals surface area contributed by atoms with E-state index in [0.29, 0.717) is 11.8 Å². The first-order valence-corrected chi connectivity index (χ1v) is 6.24. The summed E-state index contributed by atoms with van der Waals surface area (Å²) in [7, 11) is 0. The molecule has 0 amide bonds. The van der Waals surface area contributed by atoms with Crippen LogP contribution in [-0.2, 0) is 0 Å². The summed E-state index contributed by atoms with van der Waals surface area (Å²) in [5, 5.41) is 0. The van der Waals surface area contributed by atoms with Crippen LogP contribution in [-0.4, -0.2) is 10.6 Å². The topological polar surface area (TPSA) is 12.4 Å². The molecule has 72 valence electrons. The number of nitrogens with zero attached hydrogens (tertiary/aromatic N) is 1. The lowest BCUT2D eigenvalue weighted by atomic mass is 10.0. The Hall–Kier alpha value is -0.120. The van der Waals surface area contributed by atoms with E-state index in [1.807, 2.05) is 12.4 Å². The van der Waals surface area contributed by atoms with Crippen molar-refractivity contribution in [3.8, 4) is 0 Å². The Bertz CT molecular complexity index is 238. The minimum atomic E-state index is 0.532. The van der Waals surface area contributed by atoms with Gasteiger partial charge in [0.15, 0.2) is 0 Å². The van der Waals surface area contributed by atoms with Crippen molar-refractivity contribution in [2.75, 3.05) is 4.43 Å². The van der Waals surface area contributed by atoms with Crippen LogP contribution in [0.1, 0.15) is 20.3 Å². The third-order valence-corrected chi connectivity index (χ3v) is 2.77. The molecule has 0 saturated heterocycles. The standard InChI is InChI=1S/C11H16IN/c1-9(2)11-4-3-10(5-6-12)7-13-8-11/h3-4,7-10H,5-6H2,1-2H3. The number of alkyl halides is 1. The first-order chi connectivity index (χ1) is 6.24. The predicted molar refractivity (Wildman–Crippen MR) is 67.5 cm³/mol. The van der Waals surface area contributed by atoms with Crippen molar-refractivity contribution < 1.29 is 0 Å². The molecular weight excluding hydrogens is 273 g/mol. The van der Waals surface area contributed by atoms with Crippen LogP contribution in [0.15, 0.2) is 28.9 Å². The van der Waals surface area contributed by atoms with E-state index in [9.17, 15) is 0 Å². The maximum absolute atomic E-state index is 4.32. The van der Waals surface area contributed by atoms with Gasteiger partial charge in [0.25, 0.3) is 0 Å². The fourth-order valence-electron chi connectivity index (χ4n) is 1.21. The molecule has 1 aliphatic rings. The van der Waals surface area contributed by atoms with E-state index in [1.54, 1.807) is 0 Å². The molecule has 1 unspecified atom stereocenters. The van der Waals surface area contributed by atoms with Crippen molar-refractivity contribution in [3.63, 3.8) is 0 Å². The Morgan fingerprint density at radius 2 is 2.31 bits per heavy atom. The highest BCUT2D eigenvalue weighted by Gasteiger charge is 2.05. The summed E-state index contributed by atoms with van der Waals surface area (Å²) < 4.78 is 1.19. The van der Waals surface area contributed by atoms with Gasteiger partial charge in [-0.05, 0) is 17.9 Å². The fourth-order valence-corrected chi connectivity index (χ4v) is 1.92. The molecule has 0 aromatic carbocycles. The number of hydrogen-bond acceptors (Lipinski definition) is 1. The van der Waals surface area contributed by atoms with Gasteiger partial charge in [0.1, 0.15) is 0 Å². The van der Waals surface area contributed by atoms with Crippen molar-refractivity contribution >= 4 is 28.8 Å². The molecule has 1 heterocycles. The van der Waals surface area contributed by atoms with Gasteiger partial charge in [0.2, 0.25) is 0 Å². The third kappa shape index (κ3) is 3.63. The van der Waals surface area contributed by atoms with E-state index >= 15 is 0 Å². The highest BCUT2D eigenvalue weighted by Crippen LogP contribution is 2.16. The van der Waals surface area contributed by atoms with Crippen molar-refractivity contribution in [3.05, 3.63) is 23.9 Å². The Morgan fingerprint density at radius 3 is 2.92 bits per heavy atom. The number of aliphatic imine (C=N–C) groups is 1. The molecule has 0 aliphatic carbocycles. The smallest absolute Gasteiger partial charge is 0.0298 e. The second kappa shape index (κ2) is 5.58. The van der Waals surface area contributed by atoms with Crippen LogP contribution in [0.25, 0.3) is 0 Å². The molecule has 0 radical (unpaired) electrons. The Labute approximate surface area is 94.2 Å². The molecule has 13 heavy (non-hydrogen) atoms. The van der Waals surface area contributed by atoms with Gasteiger partial charge in [-0.1, -0.05) is 48.6 Å². The van der Waals surface area contributed by atoms with Gasteiger partial charge in [-0.2, -0.15) is 0 Å². The van der Waals surface area contributed by atoms with E-state index < -0.39 is 0 Å². The summed E-state index contributed by atoms with van der Waals surface area (Å²) in [6.45, 7) is 4.40. The van der Waals surface area contributed by atoms with E-state index in [2.05, 4.69) is 53.6 Å². The van der Waals surface area contributed by atoms with Crippen molar-refractivity contribution in [2.45, 2.75) is 20.3 Å². The number of allylic oxidation sites excluding steroid dienone is 3. The predicted octanol–water partition coefficient (Wildman–Crippen LogP) is 3.61. The fraction of sp³-hybridized carbons (Fsp3) is 0.545. The summed E-state index contributed by atoms with van der Waals surface area (Å²) in [5.74, 6) is 1.11. The van der Waals surface area contributed by atoms with Crippen LogP contribution in [0.3, 0.4) is 0 Å². The van der Waals surface area contributed by atoms with Crippen LogP contribution in [0, 0.1) is 11.8 Å². The van der Waals surface area contributed by atoms with Gasteiger partial charge in [-0.3, -0.25) is 4.99 Å². The number of hydrogen-bond donors (Lipinski definition) is 0. The first-order valence-electron chi connectivity index (χ1n) is 4.71. The summed E-state index contributed by atoms with van der Waals surface area (Å²) in [6, 6.07) is 0. The van der Waals surface area contributed by atoms with Gasteiger partial charge in [-0.25, -0.2) is 0 Å². The highest BCUT2D eigenvalue weighted by molar-refractivity contribution is 14.1. The Kier molecular flexibility index (Phi) is 4.70. The lowest BCUT2D eigenvalue weighted by Gasteiger charge is -2.04. The zero-order chi connectivity index (χ0) is 9.68. The monoisotopic (exact) mass is 289 g/mol.